The number of esters is 1. The van der Waals surface area contributed by atoms with Gasteiger partial charge >= 0.3 is 5.97 Å². The second-order valence-electron chi connectivity index (χ2n) is 4.49. The zero-order valence-electron chi connectivity index (χ0n) is 11.2. The van der Waals surface area contributed by atoms with Gasteiger partial charge < -0.3 is 4.74 Å². The smallest absolute Gasteiger partial charge is 0.338 e. The van der Waals surface area contributed by atoms with Crippen molar-refractivity contribution in [3.05, 3.63) is 74.3 Å². The summed E-state index contributed by atoms with van der Waals surface area (Å²) in [7, 11) is 0. The highest BCUT2D eigenvalue weighted by molar-refractivity contribution is 6.32. The van der Waals surface area contributed by atoms with Crippen LogP contribution in [0.15, 0.2) is 42.5 Å². The molecule has 5 nitrogen and oxygen atoms in total. The number of nitro groups is 1. The highest BCUT2D eigenvalue weighted by Crippen LogP contribution is 2.25. The first-order valence-corrected chi connectivity index (χ1v) is 6.52. The van der Waals surface area contributed by atoms with E-state index >= 15 is 0 Å². The van der Waals surface area contributed by atoms with E-state index in [0.29, 0.717) is 0 Å². The molecule has 2 aromatic rings. The lowest BCUT2D eigenvalue weighted by Crippen LogP contribution is -2.06. The number of benzene rings is 2. The summed E-state index contributed by atoms with van der Waals surface area (Å²) in [6.07, 6.45) is 0. The standard InChI is InChI=1S/C15H12ClNO4/c1-10-2-4-11(5-3-10)9-21-15(18)12-6-7-13(16)14(8-12)17(19)20/h2-8H,9H2,1H3. The van der Waals surface area contributed by atoms with Crippen LogP contribution in [0.4, 0.5) is 5.69 Å². The summed E-state index contributed by atoms with van der Waals surface area (Å²) in [5.41, 5.74) is 1.73. The maximum Gasteiger partial charge on any atom is 0.338 e. The molecule has 0 spiro atoms. The maximum atomic E-state index is 11.9. The number of hydrogen-bond acceptors (Lipinski definition) is 4. The Kier molecular flexibility index (Phi) is 4.55. The molecule has 0 atom stereocenters. The van der Waals surface area contributed by atoms with Gasteiger partial charge in [0.2, 0.25) is 0 Å². The first-order chi connectivity index (χ1) is 9.97. The van der Waals surface area contributed by atoms with Gasteiger partial charge in [-0.05, 0) is 24.6 Å². The van der Waals surface area contributed by atoms with E-state index in [9.17, 15) is 14.9 Å². The number of carbonyl (C=O) groups excluding carboxylic acids is 1. The van der Waals surface area contributed by atoms with Crippen molar-refractivity contribution in [2.24, 2.45) is 0 Å². The topological polar surface area (TPSA) is 69.4 Å². The van der Waals surface area contributed by atoms with Crippen molar-refractivity contribution in [3.63, 3.8) is 0 Å². The summed E-state index contributed by atoms with van der Waals surface area (Å²) in [6, 6.07) is 11.3. The van der Waals surface area contributed by atoms with Crippen LogP contribution in [0.25, 0.3) is 0 Å². The molecular weight excluding hydrogens is 294 g/mol. The van der Waals surface area contributed by atoms with Crippen molar-refractivity contribution < 1.29 is 14.5 Å². The molecule has 0 aliphatic heterocycles. The second kappa shape index (κ2) is 6.37. The molecule has 0 unspecified atom stereocenters. The van der Waals surface area contributed by atoms with Gasteiger partial charge in [-0.25, -0.2) is 4.79 Å². The Morgan fingerprint density at radius 1 is 1.24 bits per heavy atom. The van der Waals surface area contributed by atoms with E-state index in [1.807, 2.05) is 31.2 Å². The zero-order chi connectivity index (χ0) is 15.4. The summed E-state index contributed by atoms with van der Waals surface area (Å²) in [4.78, 5) is 22.0. The molecule has 21 heavy (non-hydrogen) atoms. The summed E-state index contributed by atoms with van der Waals surface area (Å²) < 4.78 is 5.12. The number of hydrogen-bond donors (Lipinski definition) is 0. The van der Waals surface area contributed by atoms with Gasteiger partial charge in [0.1, 0.15) is 11.6 Å². The summed E-state index contributed by atoms with van der Waals surface area (Å²) in [6.45, 7) is 2.07. The Bertz CT molecular complexity index is 683. The molecule has 0 N–H and O–H groups in total. The molecule has 0 aliphatic rings. The number of nitro benzene ring substituents is 1. The lowest BCUT2D eigenvalue weighted by Gasteiger charge is -2.06. The Balaban J connectivity index is 2.08. The van der Waals surface area contributed by atoms with Gasteiger partial charge in [0.25, 0.3) is 5.69 Å². The van der Waals surface area contributed by atoms with Gasteiger partial charge in [-0.1, -0.05) is 41.4 Å². The average molecular weight is 306 g/mol. The number of carbonyl (C=O) groups is 1. The highest BCUT2D eigenvalue weighted by Gasteiger charge is 2.17. The summed E-state index contributed by atoms with van der Waals surface area (Å²) in [5.74, 6) is -0.629. The largest absolute Gasteiger partial charge is 0.457 e. The molecule has 0 saturated heterocycles. The van der Waals surface area contributed by atoms with Crippen LogP contribution in [0.5, 0.6) is 0 Å². The van der Waals surface area contributed by atoms with E-state index in [1.165, 1.54) is 12.1 Å². The lowest BCUT2D eigenvalue weighted by molar-refractivity contribution is -0.384. The van der Waals surface area contributed by atoms with Gasteiger partial charge in [0, 0.05) is 6.07 Å². The van der Waals surface area contributed by atoms with E-state index < -0.39 is 10.9 Å². The van der Waals surface area contributed by atoms with Crippen LogP contribution in [0.3, 0.4) is 0 Å². The van der Waals surface area contributed by atoms with Crippen LogP contribution in [0.1, 0.15) is 21.5 Å². The second-order valence-corrected chi connectivity index (χ2v) is 4.89. The molecule has 2 rings (SSSR count). The fourth-order valence-corrected chi connectivity index (χ4v) is 1.88. The Morgan fingerprint density at radius 2 is 1.90 bits per heavy atom. The van der Waals surface area contributed by atoms with Crippen molar-refractivity contribution in [2.45, 2.75) is 13.5 Å². The monoisotopic (exact) mass is 305 g/mol. The number of aryl methyl sites for hydroxylation is 1. The Hall–Kier alpha value is -2.40. The Labute approximate surface area is 126 Å². The van der Waals surface area contributed by atoms with Crippen molar-refractivity contribution in [3.8, 4) is 0 Å². The van der Waals surface area contributed by atoms with Gasteiger partial charge in [-0.3, -0.25) is 10.1 Å². The minimum atomic E-state index is -0.640. The normalized spacial score (nSPS) is 10.2. The first-order valence-electron chi connectivity index (χ1n) is 6.14. The predicted octanol–water partition coefficient (Wildman–Crippen LogP) is 3.91. The minimum absolute atomic E-state index is 0.0184. The SMILES string of the molecule is Cc1ccc(COC(=O)c2ccc(Cl)c([N+](=O)[O-])c2)cc1. The third-order valence-corrected chi connectivity index (χ3v) is 3.19. The quantitative estimate of drug-likeness (QED) is 0.488. The van der Waals surface area contributed by atoms with Gasteiger partial charge in [0.05, 0.1) is 10.5 Å². The van der Waals surface area contributed by atoms with Crippen molar-refractivity contribution in [1.82, 2.24) is 0 Å². The average Bonchev–Trinajstić information content (AvgIpc) is 2.46. The molecule has 0 aromatic heterocycles. The van der Waals surface area contributed by atoms with Crippen LogP contribution in [-0.2, 0) is 11.3 Å². The zero-order valence-corrected chi connectivity index (χ0v) is 12.0. The molecule has 0 bridgehead atoms. The third kappa shape index (κ3) is 3.79. The molecule has 0 fully saturated rings. The molecule has 6 heteroatoms. The number of ether oxygens (including phenoxy) is 1. The summed E-state index contributed by atoms with van der Waals surface area (Å²) in [5, 5.41) is 10.8. The van der Waals surface area contributed by atoms with Crippen LogP contribution >= 0.6 is 11.6 Å². The van der Waals surface area contributed by atoms with E-state index in [2.05, 4.69) is 0 Å². The van der Waals surface area contributed by atoms with Crippen LogP contribution < -0.4 is 0 Å². The van der Waals surface area contributed by atoms with Crippen LogP contribution in [0.2, 0.25) is 5.02 Å². The van der Waals surface area contributed by atoms with E-state index in [-0.39, 0.29) is 22.9 Å². The first kappa shape index (κ1) is 15.0. The molecule has 0 radical (unpaired) electrons. The number of nitrogens with zero attached hydrogens (tertiary/aromatic N) is 1. The van der Waals surface area contributed by atoms with Crippen LogP contribution in [-0.4, -0.2) is 10.9 Å². The Morgan fingerprint density at radius 3 is 2.52 bits per heavy atom. The van der Waals surface area contributed by atoms with E-state index in [0.717, 1.165) is 17.2 Å². The molecule has 0 heterocycles. The third-order valence-electron chi connectivity index (χ3n) is 2.87. The fourth-order valence-electron chi connectivity index (χ4n) is 1.70. The molecule has 108 valence electrons. The number of halogens is 1. The van der Waals surface area contributed by atoms with Crippen LogP contribution in [0, 0.1) is 17.0 Å². The predicted molar refractivity (Wildman–Crippen MR) is 78.4 cm³/mol. The lowest BCUT2D eigenvalue weighted by atomic mass is 10.1. The molecule has 0 amide bonds. The van der Waals surface area contributed by atoms with Crippen molar-refractivity contribution >= 4 is 23.3 Å². The fraction of sp³-hybridized carbons (Fsp3) is 0.133. The molecule has 0 aliphatic carbocycles. The van der Waals surface area contributed by atoms with Crippen molar-refractivity contribution in [2.75, 3.05) is 0 Å². The minimum Gasteiger partial charge on any atom is -0.457 e. The molecule has 2 aromatic carbocycles. The van der Waals surface area contributed by atoms with Gasteiger partial charge in [-0.15, -0.1) is 0 Å². The van der Waals surface area contributed by atoms with E-state index in [4.69, 9.17) is 16.3 Å². The highest BCUT2D eigenvalue weighted by atomic mass is 35.5. The molecular formula is C15H12ClNO4. The van der Waals surface area contributed by atoms with Gasteiger partial charge in [-0.2, -0.15) is 0 Å². The number of rotatable bonds is 4. The van der Waals surface area contributed by atoms with Crippen molar-refractivity contribution in [1.29, 1.82) is 0 Å². The molecule has 0 saturated carbocycles. The maximum absolute atomic E-state index is 11.9. The summed E-state index contributed by atoms with van der Waals surface area (Å²) >= 11 is 5.69. The van der Waals surface area contributed by atoms with Gasteiger partial charge in [0.15, 0.2) is 0 Å². The van der Waals surface area contributed by atoms with E-state index in [1.54, 1.807) is 0 Å².